The van der Waals surface area contributed by atoms with Crippen molar-refractivity contribution in [1.29, 1.82) is 0 Å². The smallest absolute Gasteiger partial charge is 0.301 e. The van der Waals surface area contributed by atoms with E-state index in [4.69, 9.17) is 0 Å². The minimum absolute atomic E-state index is 0.576. The Morgan fingerprint density at radius 2 is 2.20 bits per heavy atom. The molecular weight excluding hydrogens is 128 g/mol. The van der Waals surface area contributed by atoms with Crippen LogP contribution < -0.4 is 5.32 Å². The van der Waals surface area contributed by atoms with Crippen LogP contribution in [0.1, 0.15) is 6.42 Å². The molecule has 1 aliphatic heterocycles. The van der Waals surface area contributed by atoms with Gasteiger partial charge in [0.2, 0.25) is 0 Å². The summed E-state index contributed by atoms with van der Waals surface area (Å²) in [5, 5.41) is 3.26. The maximum atomic E-state index is 10.6. The lowest BCUT2D eigenvalue weighted by Crippen LogP contribution is -2.44. The van der Waals surface area contributed by atoms with E-state index >= 15 is 0 Å². The van der Waals surface area contributed by atoms with Crippen LogP contribution in [-0.2, 0) is 4.79 Å². The van der Waals surface area contributed by atoms with E-state index in [9.17, 15) is 4.79 Å². The van der Waals surface area contributed by atoms with Crippen molar-refractivity contribution >= 4 is 6.41 Å². The number of likely N-dealkylation sites (N-methyl/N-ethyl adjacent to an activating group) is 1. The summed E-state index contributed by atoms with van der Waals surface area (Å²) in [6.07, 6.45) is 2.16. The van der Waals surface area contributed by atoms with Crippen molar-refractivity contribution in [1.82, 2.24) is 5.32 Å². The second kappa shape index (κ2) is 3.12. The van der Waals surface area contributed by atoms with Gasteiger partial charge in [-0.15, -0.1) is 0 Å². The van der Waals surface area contributed by atoms with E-state index in [1.807, 2.05) is 7.05 Å². The number of carbonyl (C=O) groups is 1. The summed E-state index contributed by atoms with van der Waals surface area (Å²) >= 11 is 0. The average molecular weight is 143 g/mol. The molecule has 0 aromatic heterocycles. The molecule has 1 unspecified atom stereocenters. The number of nitrogens with zero attached hydrogens (tertiary/aromatic N) is 1. The molecule has 10 heavy (non-hydrogen) atoms. The monoisotopic (exact) mass is 143 g/mol. The van der Waals surface area contributed by atoms with Crippen LogP contribution in [0.25, 0.3) is 0 Å². The van der Waals surface area contributed by atoms with Gasteiger partial charge in [-0.1, -0.05) is 0 Å². The van der Waals surface area contributed by atoms with Gasteiger partial charge in [-0.2, -0.15) is 0 Å². The molecule has 1 heterocycles. The maximum absolute atomic E-state index is 10.6. The minimum atomic E-state index is 0.576. The van der Waals surface area contributed by atoms with Crippen molar-refractivity contribution in [3.8, 4) is 0 Å². The molecule has 0 saturated carbocycles. The Labute approximate surface area is 61.6 Å². The number of quaternary nitrogens is 1. The molecule has 3 heteroatoms. The third-order valence-electron chi connectivity index (χ3n) is 2.08. The van der Waals surface area contributed by atoms with Gasteiger partial charge in [-0.25, -0.2) is 4.79 Å². The zero-order chi connectivity index (χ0) is 7.45. The van der Waals surface area contributed by atoms with Gasteiger partial charge >= 0.3 is 6.41 Å². The van der Waals surface area contributed by atoms with Gasteiger partial charge in [0.05, 0.1) is 20.1 Å². The summed E-state index contributed by atoms with van der Waals surface area (Å²) < 4.78 is 0.576. The predicted molar refractivity (Wildman–Crippen MR) is 39.5 cm³/mol. The zero-order valence-corrected chi connectivity index (χ0v) is 6.47. The highest BCUT2D eigenvalue weighted by atomic mass is 16.1. The predicted octanol–water partition coefficient (Wildman–Crippen LogP) is -0.417. The van der Waals surface area contributed by atoms with Crippen LogP contribution >= 0.6 is 0 Å². The molecule has 0 aliphatic carbocycles. The molecule has 1 fully saturated rings. The van der Waals surface area contributed by atoms with Crippen LogP contribution in [-0.4, -0.2) is 44.1 Å². The molecule has 1 saturated heterocycles. The molecule has 1 rings (SSSR count). The lowest BCUT2D eigenvalue weighted by Gasteiger charge is -2.24. The fourth-order valence-corrected chi connectivity index (χ4v) is 1.24. The van der Waals surface area contributed by atoms with E-state index in [1.165, 1.54) is 0 Å². The third-order valence-corrected chi connectivity index (χ3v) is 2.08. The van der Waals surface area contributed by atoms with Crippen molar-refractivity contribution < 1.29 is 9.28 Å². The Kier molecular flexibility index (Phi) is 2.40. The summed E-state index contributed by atoms with van der Waals surface area (Å²) in [4.78, 5) is 10.6. The van der Waals surface area contributed by atoms with Gasteiger partial charge in [0.1, 0.15) is 0 Å². The first-order chi connectivity index (χ1) is 4.77. The minimum Gasteiger partial charge on any atom is -0.311 e. The topological polar surface area (TPSA) is 29.1 Å². The summed E-state index contributed by atoms with van der Waals surface area (Å²) in [5.41, 5.74) is 0. The Balaban J connectivity index is 2.48. The van der Waals surface area contributed by atoms with E-state index < -0.39 is 0 Å². The van der Waals surface area contributed by atoms with Crippen LogP contribution in [0.2, 0.25) is 0 Å². The molecular formula is C7H15N2O+. The van der Waals surface area contributed by atoms with E-state index in [-0.39, 0.29) is 0 Å². The normalized spacial score (nSPS) is 34.9. The molecule has 3 nitrogen and oxygen atoms in total. The summed E-state index contributed by atoms with van der Waals surface area (Å²) in [7, 11) is 1.99. The summed E-state index contributed by atoms with van der Waals surface area (Å²) in [6.45, 7) is 3.94. The zero-order valence-electron chi connectivity index (χ0n) is 6.47. The van der Waals surface area contributed by atoms with Gasteiger partial charge < -0.3 is 5.32 Å². The maximum Gasteiger partial charge on any atom is 0.301 e. The number of rotatable bonds is 1. The van der Waals surface area contributed by atoms with Crippen molar-refractivity contribution in [2.24, 2.45) is 0 Å². The van der Waals surface area contributed by atoms with Crippen molar-refractivity contribution in [2.45, 2.75) is 6.42 Å². The Morgan fingerprint density at radius 3 is 2.90 bits per heavy atom. The van der Waals surface area contributed by atoms with Crippen molar-refractivity contribution in [3.05, 3.63) is 0 Å². The van der Waals surface area contributed by atoms with Crippen molar-refractivity contribution in [3.63, 3.8) is 0 Å². The molecule has 1 N–H and O–H groups in total. The second-order valence-corrected chi connectivity index (χ2v) is 3.14. The molecule has 1 aliphatic rings. The largest absolute Gasteiger partial charge is 0.311 e. The van der Waals surface area contributed by atoms with E-state index in [2.05, 4.69) is 5.32 Å². The Hall–Kier alpha value is -0.410. The summed E-state index contributed by atoms with van der Waals surface area (Å²) in [5.74, 6) is 0. The molecule has 0 spiro atoms. The SMILES string of the molecule is C[N+]1(C=O)CCCNCC1. The highest BCUT2D eigenvalue weighted by Gasteiger charge is 2.21. The quantitative estimate of drug-likeness (QED) is 0.399. The van der Waals surface area contributed by atoms with Gasteiger partial charge in [-0.3, -0.25) is 4.48 Å². The van der Waals surface area contributed by atoms with Crippen molar-refractivity contribution in [2.75, 3.05) is 33.2 Å². The molecule has 0 bridgehead atoms. The highest BCUT2D eigenvalue weighted by molar-refractivity contribution is 5.37. The summed E-state index contributed by atoms with van der Waals surface area (Å²) in [6, 6.07) is 0. The van der Waals surface area contributed by atoms with Gasteiger partial charge in [0, 0.05) is 19.5 Å². The Morgan fingerprint density at radius 1 is 1.40 bits per heavy atom. The fourth-order valence-electron chi connectivity index (χ4n) is 1.24. The lowest BCUT2D eigenvalue weighted by atomic mass is 10.4. The standard InChI is InChI=1S/C7H15N2O/c1-9(7-10)5-2-3-8-4-6-9/h7-8H,2-6H2,1H3/q+1. The number of hydrogen-bond donors (Lipinski definition) is 1. The van der Waals surface area contributed by atoms with Crippen LogP contribution in [0.4, 0.5) is 0 Å². The fraction of sp³-hybridized carbons (Fsp3) is 0.857. The number of carbonyl (C=O) groups excluding carboxylic acids is 1. The average Bonchev–Trinajstić information content (AvgIpc) is 2.15. The first-order valence-electron chi connectivity index (χ1n) is 3.78. The van der Waals surface area contributed by atoms with Gasteiger partial charge in [-0.05, 0) is 0 Å². The second-order valence-electron chi connectivity index (χ2n) is 3.14. The first-order valence-corrected chi connectivity index (χ1v) is 3.78. The molecule has 0 aromatic carbocycles. The number of nitrogens with one attached hydrogen (secondary N) is 1. The van der Waals surface area contributed by atoms with E-state index in [1.54, 1.807) is 0 Å². The van der Waals surface area contributed by atoms with Crippen LogP contribution in [0.3, 0.4) is 0 Å². The number of hydrogen-bond acceptors (Lipinski definition) is 2. The molecule has 0 radical (unpaired) electrons. The molecule has 58 valence electrons. The Bertz CT molecular complexity index is 117. The lowest BCUT2D eigenvalue weighted by molar-refractivity contribution is -0.822. The molecule has 1 atom stereocenters. The number of amides is 1. The molecule has 1 amide bonds. The van der Waals surface area contributed by atoms with E-state index in [0.29, 0.717) is 4.48 Å². The van der Waals surface area contributed by atoms with Crippen LogP contribution in [0.15, 0.2) is 0 Å². The van der Waals surface area contributed by atoms with E-state index in [0.717, 1.165) is 39.0 Å². The highest BCUT2D eigenvalue weighted by Crippen LogP contribution is 2.01. The van der Waals surface area contributed by atoms with Crippen LogP contribution in [0.5, 0.6) is 0 Å². The van der Waals surface area contributed by atoms with Gasteiger partial charge in [0.15, 0.2) is 0 Å². The molecule has 0 aromatic rings. The van der Waals surface area contributed by atoms with Crippen LogP contribution in [0, 0.1) is 0 Å². The van der Waals surface area contributed by atoms with Gasteiger partial charge in [0.25, 0.3) is 0 Å². The third kappa shape index (κ3) is 1.78. The first kappa shape index (κ1) is 7.69.